The Morgan fingerprint density at radius 3 is 1.06 bits per heavy atom. The summed E-state index contributed by atoms with van der Waals surface area (Å²) in [6.45, 7) is 0. The summed E-state index contributed by atoms with van der Waals surface area (Å²) in [5.41, 5.74) is 8.98. The predicted molar refractivity (Wildman–Crippen MR) is 122 cm³/mol. The predicted octanol–water partition coefficient (Wildman–Crippen LogP) is 7.89. The number of hydrogen-bond acceptors (Lipinski definition) is 2. The van der Waals surface area contributed by atoms with Gasteiger partial charge in [0.25, 0.3) is 0 Å². The van der Waals surface area contributed by atoms with Gasteiger partial charge in [0.1, 0.15) is 0 Å². The average Bonchev–Trinajstić information content (AvgIpc) is 2.79. The van der Waals surface area contributed by atoms with E-state index in [-0.39, 0.29) is 22.5 Å². The summed E-state index contributed by atoms with van der Waals surface area (Å²) in [4.78, 5) is 0. The van der Waals surface area contributed by atoms with Crippen LogP contribution in [0.15, 0.2) is 84.9 Å². The number of alkyl halides is 6. The monoisotopic (exact) mass is 472 g/mol. The minimum atomic E-state index is -4.95. The minimum Gasteiger partial charge on any atom is -0.398 e. The highest BCUT2D eigenvalue weighted by Gasteiger charge is 2.39. The fraction of sp³-hybridized carbons (Fsp3) is 0.0769. The van der Waals surface area contributed by atoms with Crippen molar-refractivity contribution >= 4 is 11.4 Å². The van der Waals surface area contributed by atoms with E-state index in [1.54, 1.807) is 60.7 Å². The van der Waals surface area contributed by atoms with Crippen molar-refractivity contribution in [2.24, 2.45) is 0 Å². The SMILES string of the molecule is Nc1cc(C(F)(F)F)c(-c2cc(-c3ccccc3)c(N)cc2C(F)(F)F)cc1-c1ccccc1. The molecule has 8 heteroatoms. The molecule has 2 nitrogen and oxygen atoms in total. The lowest BCUT2D eigenvalue weighted by Crippen LogP contribution is -2.13. The Morgan fingerprint density at radius 2 is 0.765 bits per heavy atom. The molecular weight excluding hydrogens is 454 g/mol. The van der Waals surface area contributed by atoms with Crippen LogP contribution < -0.4 is 11.5 Å². The number of rotatable bonds is 3. The van der Waals surface area contributed by atoms with Crippen LogP contribution in [0.1, 0.15) is 11.1 Å². The van der Waals surface area contributed by atoms with Crippen molar-refractivity contribution in [3.05, 3.63) is 96.1 Å². The van der Waals surface area contributed by atoms with Gasteiger partial charge in [0.2, 0.25) is 0 Å². The van der Waals surface area contributed by atoms with Crippen LogP contribution in [0.5, 0.6) is 0 Å². The molecular formula is C26H18F6N2. The molecule has 4 rings (SSSR count). The van der Waals surface area contributed by atoms with E-state index in [1.807, 2.05) is 0 Å². The molecule has 0 aromatic heterocycles. The molecule has 4 aromatic rings. The van der Waals surface area contributed by atoms with E-state index >= 15 is 0 Å². The third-order valence-electron chi connectivity index (χ3n) is 5.45. The zero-order valence-electron chi connectivity index (χ0n) is 17.5. The van der Waals surface area contributed by atoms with Crippen molar-refractivity contribution in [3.8, 4) is 33.4 Å². The van der Waals surface area contributed by atoms with Crippen LogP contribution in [0.3, 0.4) is 0 Å². The third kappa shape index (κ3) is 4.44. The lowest BCUT2D eigenvalue weighted by atomic mass is 9.88. The van der Waals surface area contributed by atoms with Crippen molar-refractivity contribution in [2.75, 3.05) is 11.5 Å². The van der Waals surface area contributed by atoms with Gasteiger partial charge in [-0.2, -0.15) is 26.3 Å². The quantitative estimate of drug-likeness (QED) is 0.235. The number of benzene rings is 4. The van der Waals surface area contributed by atoms with E-state index < -0.39 is 34.6 Å². The maximum atomic E-state index is 14.0. The molecule has 4 aromatic carbocycles. The van der Waals surface area contributed by atoms with Gasteiger partial charge in [0.05, 0.1) is 11.1 Å². The van der Waals surface area contributed by atoms with Gasteiger partial charge < -0.3 is 11.5 Å². The number of nitrogen functional groups attached to an aromatic ring is 2. The first-order chi connectivity index (χ1) is 16.0. The molecule has 0 radical (unpaired) electrons. The first kappa shape index (κ1) is 23.2. The molecule has 0 aliphatic rings. The van der Waals surface area contributed by atoms with Crippen LogP contribution in [0.2, 0.25) is 0 Å². The largest absolute Gasteiger partial charge is 0.417 e. The molecule has 0 atom stereocenters. The molecule has 174 valence electrons. The van der Waals surface area contributed by atoms with Gasteiger partial charge in [0.15, 0.2) is 0 Å². The van der Waals surface area contributed by atoms with Crippen LogP contribution in [-0.4, -0.2) is 0 Å². The Balaban J connectivity index is 2.10. The number of nitrogens with two attached hydrogens (primary N) is 2. The van der Waals surface area contributed by atoms with E-state index in [2.05, 4.69) is 0 Å². The Kier molecular flexibility index (Phi) is 5.77. The summed E-state index contributed by atoms with van der Waals surface area (Å²) in [6, 6.07) is 20.0. The molecule has 0 fully saturated rings. The Morgan fingerprint density at radius 1 is 0.441 bits per heavy atom. The highest BCUT2D eigenvalue weighted by Crippen LogP contribution is 2.47. The minimum absolute atomic E-state index is 0.190. The Labute approximate surface area is 191 Å². The molecule has 0 saturated heterocycles. The first-order valence-corrected chi connectivity index (χ1v) is 10.1. The maximum absolute atomic E-state index is 14.0. The van der Waals surface area contributed by atoms with E-state index in [1.165, 1.54) is 0 Å². The summed E-state index contributed by atoms with van der Waals surface area (Å²) in [5.74, 6) is 0. The second kappa shape index (κ2) is 8.44. The van der Waals surface area contributed by atoms with Crippen LogP contribution in [-0.2, 0) is 12.4 Å². The fourth-order valence-corrected chi connectivity index (χ4v) is 3.88. The van der Waals surface area contributed by atoms with Crippen molar-refractivity contribution in [3.63, 3.8) is 0 Å². The molecule has 0 spiro atoms. The smallest absolute Gasteiger partial charge is 0.398 e. The topological polar surface area (TPSA) is 52.0 Å². The highest BCUT2D eigenvalue weighted by molar-refractivity contribution is 5.89. The molecule has 0 saturated carbocycles. The van der Waals surface area contributed by atoms with Crippen molar-refractivity contribution in [1.29, 1.82) is 0 Å². The Hall–Kier alpha value is -3.94. The maximum Gasteiger partial charge on any atom is 0.417 e. The van der Waals surface area contributed by atoms with Gasteiger partial charge in [-0.3, -0.25) is 0 Å². The molecule has 0 bridgehead atoms. The van der Waals surface area contributed by atoms with E-state index in [0.29, 0.717) is 23.3 Å². The van der Waals surface area contributed by atoms with Gasteiger partial charge in [-0.1, -0.05) is 60.7 Å². The summed E-state index contributed by atoms with van der Waals surface area (Å²) in [6.07, 6.45) is -9.90. The van der Waals surface area contributed by atoms with E-state index in [0.717, 1.165) is 12.1 Å². The fourth-order valence-electron chi connectivity index (χ4n) is 3.88. The van der Waals surface area contributed by atoms with Crippen LogP contribution in [0.4, 0.5) is 37.7 Å². The molecule has 0 aliphatic carbocycles. The van der Waals surface area contributed by atoms with Crippen LogP contribution >= 0.6 is 0 Å². The number of hydrogen-bond donors (Lipinski definition) is 2. The van der Waals surface area contributed by atoms with Gasteiger partial charge >= 0.3 is 12.4 Å². The van der Waals surface area contributed by atoms with Gasteiger partial charge in [0, 0.05) is 22.5 Å². The lowest BCUT2D eigenvalue weighted by Gasteiger charge is -2.22. The number of anilines is 2. The highest BCUT2D eigenvalue weighted by atomic mass is 19.4. The summed E-state index contributed by atoms with van der Waals surface area (Å²) >= 11 is 0. The zero-order valence-corrected chi connectivity index (χ0v) is 17.5. The average molecular weight is 472 g/mol. The third-order valence-corrected chi connectivity index (χ3v) is 5.45. The summed E-state index contributed by atoms with van der Waals surface area (Å²) < 4.78 is 84.1. The molecule has 0 aliphatic heterocycles. The molecule has 0 unspecified atom stereocenters. The molecule has 0 heterocycles. The molecule has 34 heavy (non-hydrogen) atoms. The first-order valence-electron chi connectivity index (χ1n) is 10.1. The second-order valence-corrected chi connectivity index (χ2v) is 7.70. The van der Waals surface area contributed by atoms with Gasteiger partial charge in [-0.15, -0.1) is 0 Å². The van der Waals surface area contributed by atoms with Crippen molar-refractivity contribution in [2.45, 2.75) is 12.4 Å². The Bertz CT molecular complexity index is 1220. The van der Waals surface area contributed by atoms with Crippen molar-refractivity contribution < 1.29 is 26.3 Å². The van der Waals surface area contributed by atoms with Crippen LogP contribution in [0, 0.1) is 0 Å². The van der Waals surface area contributed by atoms with E-state index in [4.69, 9.17) is 11.5 Å². The number of halogens is 6. The van der Waals surface area contributed by atoms with Gasteiger partial charge in [-0.25, -0.2) is 0 Å². The normalized spacial score (nSPS) is 12.1. The lowest BCUT2D eigenvalue weighted by molar-refractivity contribution is -0.139. The zero-order chi connectivity index (χ0) is 24.7. The molecule has 4 N–H and O–H groups in total. The second-order valence-electron chi connectivity index (χ2n) is 7.70. The standard InChI is InChI=1S/C26H18F6N2/c27-25(28,29)21-13-23(33)17(15-7-3-1-4-8-15)11-19(21)20-12-18(16-9-5-2-6-10-16)24(34)14-22(20)26(30,31)32/h1-14H,33-34H2. The van der Waals surface area contributed by atoms with Crippen LogP contribution in [0.25, 0.3) is 33.4 Å². The summed E-state index contributed by atoms with van der Waals surface area (Å²) in [5, 5.41) is 0. The molecule has 0 amide bonds. The van der Waals surface area contributed by atoms with E-state index in [9.17, 15) is 26.3 Å². The van der Waals surface area contributed by atoms with Crippen molar-refractivity contribution in [1.82, 2.24) is 0 Å². The summed E-state index contributed by atoms with van der Waals surface area (Å²) in [7, 11) is 0. The van der Waals surface area contributed by atoms with Gasteiger partial charge in [-0.05, 0) is 46.5 Å².